The molecule has 0 radical (unpaired) electrons. The number of nitrogens with two attached hydrogens (primary N) is 2. The maximum atomic E-state index is 11.3. The van der Waals surface area contributed by atoms with Gasteiger partial charge in [-0.3, -0.25) is 4.79 Å². The maximum Gasteiger partial charge on any atom is 0.237 e. The molecular weight excluding hydrogens is 182 g/mol. The molecule has 0 heterocycles. The van der Waals surface area contributed by atoms with Gasteiger partial charge in [0.05, 0.1) is 12.1 Å². The van der Waals surface area contributed by atoms with Gasteiger partial charge in [-0.15, -0.1) is 0 Å². The molecule has 0 aliphatic rings. The van der Waals surface area contributed by atoms with E-state index < -0.39 is 12.1 Å². The monoisotopic (exact) mass is 201 g/mol. The van der Waals surface area contributed by atoms with Gasteiger partial charge in [-0.25, -0.2) is 0 Å². The predicted octanol–water partition coefficient (Wildman–Crippen LogP) is -0.854. The van der Waals surface area contributed by atoms with Gasteiger partial charge in [-0.1, -0.05) is 6.42 Å². The van der Waals surface area contributed by atoms with Gasteiger partial charge in [-0.05, 0) is 26.3 Å². The summed E-state index contributed by atoms with van der Waals surface area (Å²) in [6.07, 6.45) is 2.98. The number of aldehydes is 1. The standard InChI is InChI=1S/C9H19N3O2/c1-7(6-13)12-9(14)8(11)4-2-3-5-10/h6-8H,2-5,10-11H2,1H3,(H,12,14). The predicted molar refractivity (Wildman–Crippen MR) is 54.5 cm³/mol. The molecule has 5 heteroatoms. The Labute approximate surface area is 84.2 Å². The zero-order valence-corrected chi connectivity index (χ0v) is 8.53. The molecule has 0 bridgehead atoms. The second-order valence-corrected chi connectivity index (χ2v) is 3.32. The van der Waals surface area contributed by atoms with Crippen LogP contribution >= 0.6 is 0 Å². The zero-order chi connectivity index (χ0) is 11.0. The molecule has 0 fully saturated rings. The quantitative estimate of drug-likeness (QED) is 0.369. The number of hydrogen-bond acceptors (Lipinski definition) is 4. The first-order valence-electron chi connectivity index (χ1n) is 4.83. The van der Waals surface area contributed by atoms with Crippen LogP contribution in [0.25, 0.3) is 0 Å². The number of rotatable bonds is 7. The van der Waals surface area contributed by atoms with Gasteiger partial charge < -0.3 is 21.6 Å². The van der Waals surface area contributed by atoms with E-state index in [9.17, 15) is 9.59 Å². The van der Waals surface area contributed by atoms with Crippen LogP contribution in [0.3, 0.4) is 0 Å². The first-order valence-corrected chi connectivity index (χ1v) is 4.83. The molecule has 0 aliphatic heterocycles. The normalized spacial score (nSPS) is 14.5. The molecule has 0 spiro atoms. The largest absolute Gasteiger partial charge is 0.346 e. The Morgan fingerprint density at radius 3 is 2.64 bits per heavy atom. The van der Waals surface area contributed by atoms with Crippen LogP contribution in [0.1, 0.15) is 26.2 Å². The summed E-state index contributed by atoms with van der Waals surface area (Å²) < 4.78 is 0. The summed E-state index contributed by atoms with van der Waals surface area (Å²) in [5.41, 5.74) is 10.9. The van der Waals surface area contributed by atoms with Crippen molar-refractivity contribution >= 4 is 12.2 Å². The van der Waals surface area contributed by atoms with E-state index in [4.69, 9.17) is 11.5 Å². The van der Waals surface area contributed by atoms with E-state index in [-0.39, 0.29) is 5.91 Å². The van der Waals surface area contributed by atoms with Crippen molar-refractivity contribution in [1.82, 2.24) is 5.32 Å². The minimum atomic E-state index is -0.538. The van der Waals surface area contributed by atoms with Crippen LogP contribution in [0.2, 0.25) is 0 Å². The lowest BCUT2D eigenvalue weighted by Crippen LogP contribution is -2.44. The highest BCUT2D eigenvalue weighted by Crippen LogP contribution is 1.98. The molecule has 14 heavy (non-hydrogen) atoms. The van der Waals surface area contributed by atoms with Crippen molar-refractivity contribution in [2.75, 3.05) is 6.54 Å². The summed E-state index contributed by atoms with van der Waals surface area (Å²) in [6, 6.07) is -1.01. The second-order valence-electron chi connectivity index (χ2n) is 3.32. The van der Waals surface area contributed by atoms with Crippen molar-refractivity contribution in [1.29, 1.82) is 0 Å². The van der Waals surface area contributed by atoms with Crippen LogP contribution in [0.4, 0.5) is 0 Å². The van der Waals surface area contributed by atoms with Crippen LogP contribution in [0.15, 0.2) is 0 Å². The van der Waals surface area contributed by atoms with Crippen LogP contribution < -0.4 is 16.8 Å². The molecule has 0 aromatic heterocycles. The number of carbonyl (C=O) groups excluding carboxylic acids is 2. The number of carbonyl (C=O) groups is 2. The molecule has 2 atom stereocenters. The second kappa shape index (κ2) is 7.46. The van der Waals surface area contributed by atoms with Crippen molar-refractivity contribution in [3.8, 4) is 0 Å². The average Bonchev–Trinajstić information content (AvgIpc) is 2.17. The fourth-order valence-corrected chi connectivity index (χ4v) is 1.01. The van der Waals surface area contributed by atoms with Crippen molar-refractivity contribution in [3.05, 3.63) is 0 Å². The van der Waals surface area contributed by atoms with Gasteiger partial charge >= 0.3 is 0 Å². The van der Waals surface area contributed by atoms with Crippen LogP contribution in [0, 0.1) is 0 Å². The van der Waals surface area contributed by atoms with E-state index in [1.54, 1.807) is 6.92 Å². The third kappa shape index (κ3) is 5.66. The lowest BCUT2D eigenvalue weighted by atomic mass is 10.1. The van der Waals surface area contributed by atoms with Gasteiger partial charge in [0.1, 0.15) is 6.29 Å². The van der Waals surface area contributed by atoms with Gasteiger partial charge in [0.2, 0.25) is 5.91 Å². The molecule has 1 amide bonds. The Hall–Kier alpha value is -0.940. The van der Waals surface area contributed by atoms with E-state index in [2.05, 4.69) is 5.32 Å². The Balaban J connectivity index is 3.70. The molecule has 0 saturated heterocycles. The Morgan fingerprint density at radius 2 is 2.14 bits per heavy atom. The molecule has 0 aromatic rings. The molecule has 0 rings (SSSR count). The summed E-state index contributed by atoms with van der Waals surface area (Å²) in [5, 5.41) is 2.49. The first-order chi connectivity index (χ1) is 6.61. The summed E-state index contributed by atoms with van der Waals surface area (Å²) in [4.78, 5) is 21.5. The number of hydrogen-bond donors (Lipinski definition) is 3. The minimum absolute atomic E-state index is 0.276. The van der Waals surface area contributed by atoms with Crippen molar-refractivity contribution < 1.29 is 9.59 Å². The molecule has 2 unspecified atom stereocenters. The molecule has 5 nitrogen and oxygen atoms in total. The Morgan fingerprint density at radius 1 is 1.50 bits per heavy atom. The lowest BCUT2D eigenvalue weighted by molar-refractivity contribution is -0.125. The third-order valence-electron chi connectivity index (χ3n) is 1.88. The van der Waals surface area contributed by atoms with Gasteiger partial charge in [-0.2, -0.15) is 0 Å². The molecule has 82 valence electrons. The summed E-state index contributed by atoms with van der Waals surface area (Å²) in [7, 11) is 0. The molecular formula is C9H19N3O2. The smallest absolute Gasteiger partial charge is 0.237 e. The van der Waals surface area contributed by atoms with Gasteiger partial charge in [0.15, 0.2) is 0 Å². The highest BCUT2D eigenvalue weighted by molar-refractivity contribution is 5.83. The third-order valence-corrected chi connectivity index (χ3v) is 1.88. The van der Waals surface area contributed by atoms with E-state index in [0.29, 0.717) is 19.3 Å². The number of unbranched alkanes of at least 4 members (excludes halogenated alkanes) is 1. The fourth-order valence-electron chi connectivity index (χ4n) is 1.01. The van der Waals surface area contributed by atoms with Crippen molar-refractivity contribution in [3.63, 3.8) is 0 Å². The van der Waals surface area contributed by atoms with Crippen molar-refractivity contribution in [2.24, 2.45) is 11.5 Å². The fraction of sp³-hybridized carbons (Fsp3) is 0.778. The molecule has 0 aliphatic carbocycles. The Kier molecular flexibility index (Phi) is 6.96. The summed E-state index contributed by atoms with van der Waals surface area (Å²) >= 11 is 0. The number of amides is 1. The average molecular weight is 201 g/mol. The SMILES string of the molecule is CC(C=O)NC(=O)C(N)CCCCN. The molecule has 5 N–H and O–H groups in total. The minimum Gasteiger partial charge on any atom is -0.346 e. The van der Waals surface area contributed by atoms with Gasteiger partial charge in [0.25, 0.3) is 0 Å². The number of nitrogens with one attached hydrogen (secondary N) is 1. The highest BCUT2D eigenvalue weighted by Gasteiger charge is 2.14. The Bertz CT molecular complexity index is 185. The lowest BCUT2D eigenvalue weighted by Gasteiger charge is -2.13. The van der Waals surface area contributed by atoms with E-state index >= 15 is 0 Å². The summed E-state index contributed by atoms with van der Waals surface area (Å²) in [6.45, 7) is 2.22. The highest BCUT2D eigenvalue weighted by atomic mass is 16.2. The van der Waals surface area contributed by atoms with Gasteiger partial charge in [0, 0.05) is 0 Å². The molecule has 0 aromatic carbocycles. The van der Waals surface area contributed by atoms with E-state index in [1.165, 1.54) is 0 Å². The van der Waals surface area contributed by atoms with Crippen molar-refractivity contribution in [2.45, 2.75) is 38.3 Å². The van der Waals surface area contributed by atoms with Crippen LogP contribution in [-0.4, -0.2) is 30.8 Å². The topological polar surface area (TPSA) is 98.2 Å². The van der Waals surface area contributed by atoms with E-state index in [0.717, 1.165) is 12.8 Å². The zero-order valence-electron chi connectivity index (χ0n) is 8.53. The van der Waals surface area contributed by atoms with E-state index in [1.807, 2.05) is 0 Å². The van der Waals surface area contributed by atoms with Crippen LogP contribution in [0.5, 0.6) is 0 Å². The summed E-state index contributed by atoms with van der Waals surface area (Å²) in [5.74, 6) is -0.276. The maximum absolute atomic E-state index is 11.3. The molecule has 0 saturated carbocycles. The first kappa shape index (κ1) is 13.1. The van der Waals surface area contributed by atoms with Crippen LogP contribution in [-0.2, 0) is 9.59 Å².